The maximum atomic E-state index is 11.9. The first-order valence-corrected chi connectivity index (χ1v) is 8.50. The number of amides is 2. The first-order chi connectivity index (χ1) is 11.5. The second-order valence-electron chi connectivity index (χ2n) is 5.68. The highest BCUT2D eigenvalue weighted by Crippen LogP contribution is 2.19. The average molecular weight is 338 g/mol. The number of urea groups is 1. The predicted octanol–water partition coefficient (Wildman–Crippen LogP) is 3.23. The summed E-state index contributed by atoms with van der Waals surface area (Å²) in [6, 6.07) is 7.55. The van der Waals surface area contributed by atoms with E-state index < -0.39 is 12.5 Å². The van der Waals surface area contributed by atoms with E-state index >= 15 is 0 Å². The molecule has 1 rings (SSSR count). The van der Waals surface area contributed by atoms with Gasteiger partial charge >= 0.3 is 6.03 Å². The van der Waals surface area contributed by atoms with Gasteiger partial charge < -0.3 is 24.8 Å². The molecule has 0 radical (unpaired) electrons. The summed E-state index contributed by atoms with van der Waals surface area (Å²) in [5.74, 6) is 1.19. The van der Waals surface area contributed by atoms with Crippen molar-refractivity contribution in [3.63, 3.8) is 0 Å². The van der Waals surface area contributed by atoms with Gasteiger partial charge in [0.05, 0.1) is 6.54 Å². The summed E-state index contributed by atoms with van der Waals surface area (Å²) < 4.78 is 16.4. The van der Waals surface area contributed by atoms with Gasteiger partial charge in [-0.2, -0.15) is 0 Å². The van der Waals surface area contributed by atoms with E-state index in [4.69, 9.17) is 14.2 Å². The van der Waals surface area contributed by atoms with Crippen molar-refractivity contribution in [2.24, 2.45) is 0 Å². The Hall–Kier alpha value is -1.79. The van der Waals surface area contributed by atoms with E-state index in [1.807, 2.05) is 38.1 Å². The Morgan fingerprint density at radius 3 is 2.12 bits per heavy atom. The molecule has 0 aromatic heterocycles. The lowest BCUT2D eigenvalue weighted by Gasteiger charge is -2.20. The number of rotatable bonds is 10. The van der Waals surface area contributed by atoms with Gasteiger partial charge in [0.15, 0.2) is 12.5 Å². The summed E-state index contributed by atoms with van der Waals surface area (Å²) in [5.41, 5.74) is 1.25. The normalized spacial score (nSPS) is 12.3. The van der Waals surface area contributed by atoms with Crippen molar-refractivity contribution in [1.82, 2.24) is 10.6 Å². The number of carbonyl (C=O) groups excluding carboxylic acids is 1. The predicted molar refractivity (Wildman–Crippen MR) is 94.2 cm³/mol. The molecular weight excluding hydrogens is 308 g/mol. The lowest BCUT2D eigenvalue weighted by Crippen LogP contribution is -2.46. The van der Waals surface area contributed by atoms with Gasteiger partial charge in [-0.3, -0.25) is 0 Å². The minimum atomic E-state index is -0.451. The smallest absolute Gasteiger partial charge is 0.317 e. The van der Waals surface area contributed by atoms with Crippen molar-refractivity contribution in [2.75, 3.05) is 19.8 Å². The fraction of sp³-hybridized carbons (Fsp3) is 0.611. The minimum Gasteiger partial charge on any atom is -0.471 e. The molecule has 0 fully saturated rings. The van der Waals surface area contributed by atoms with E-state index in [1.54, 1.807) is 6.92 Å². The molecule has 0 bridgehead atoms. The maximum absolute atomic E-state index is 11.9. The van der Waals surface area contributed by atoms with Crippen LogP contribution in [-0.4, -0.2) is 38.3 Å². The monoisotopic (exact) mass is 338 g/mol. The van der Waals surface area contributed by atoms with Crippen molar-refractivity contribution in [3.8, 4) is 5.75 Å². The van der Waals surface area contributed by atoms with Gasteiger partial charge in [-0.1, -0.05) is 26.0 Å². The lowest BCUT2D eigenvalue weighted by molar-refractivity contribution is -0.131. The number of ether oxygens (including phenoxy) is 3. The van der Waals surface area contributed by atoms with Crippen LogP contribution in [0.4, 0.5) is 4.79 Å². The van der Waals surface area contributed by atoms with Crippen molar-refractivity contribution in [2.45, 2.75) is 53.1 Å². The molecule has 0 aliphatic rings. The van der Waals surface area contributed by atoms with Crippen LogP contribution in [0.3, 0.4) is 0 Å². The van der Waals surface area contributed by atoms with Crippen LogP contribution in [0.5, 0.6) is 5.75 Å². The van der Waals surface area contributed by atoms with Crippen molar-refractivity contribution in [3.05, 3.63) is 29.8 Å². The van der Waals surface area contributed by atoms with Gasteiger partial charge in [0.1, 0.15) is 5.75 Å². The molecule has 24 heavy (non-hydrogen) atoms. The fourth-order valence-electron chi connectivity index (χ4n) is 2.11. The maximum Gasteiger partial charge on any atom is 0.317 e. The molecule has 0 aliphatic carbocycles. The number of hydrogen-bond acceptors (Lipinski definition) is 4. The zero-order valence-corrected chi connectivity index (χ0v) is 15.3. The van der Waals surface area contributed by atoms with Crippen LogP contribution in [0.15, 0.2) is 24.3 Å². The van der Waals surface area contributed by atoms with Crippen LogP contribution in [0, 0.1) is 0 Å². The molecule has 0 heterocycles. The molecule has 0 saturated carbocycles. The minimum absolute atomic E-state index is 0.281. The SMILES string of the molecule is CCOC(CNC(=O)NC(C)Oc1ccc(C(C)C)cc1)OCC. The highest BCUT2D eigenvalue weighted by atomic mass is 16.7. The Labute approximate surface area is 144 Å². The molecule has 1 atom stereocenters. The third-order valence-electron chi connectivity index (χ3n) is 3.33. The number of hydrogen-bond donors (Lipinski definition) is 2. The molecule has 1 aromatic carbocycles. The molecule has 6 nitrogen and oxygen atoms in total. The summed E-state index contributed by atoms with van der Waals surface area (Å²) in [4.78, 5) is 11.9. The molecule has 2 N–H and O–H groups in total. The lowest BCUT2D eigenvalue weighted by atomic mass is 10.0. The van der Waals surface area contributed by atoms with Gasteiger partial charge in [-0.15, -0.1) is 0 Å². The first kappa shape index (κ1) is 20.3. The third-order valence-corrected chi connectivity index (χ3v) is 3.33. The Kier molecular flexibility index (Phi) is 9.19. The van der Waals surface area contributed by atoms with Crippen molar-refractivity contribution < 1.29 is 19.0 Å². The number of benzene rings is 1. The van der Waals surface area contributed by atoms with Crippen LogP contribution < -0.4 is 15.4 Å². The van der Waals surface area contributed by atoms with Gasteiger partial charge in [0, 0.05) is 13.2 Å². The molecule has 1 aromatic rings. The van der Waals surface area contributed by atoms with Crippen LogP contribution in [0.1, 0.15) is 46.1 Å². The molecule has 0 saturated heterocycles. The van der Waals surface area contributed by atoms with E-state index in [2.05, 4.69) is 24.5 Å². The van der Waals surface area contributed by atoms with Crippen molar-refractivity contribution in [1.29, 1.82) is 0 Å². The number of nitrogens with one attached hydrogen (secondary N) is 2. The molecule has 136 valence electrons. The highest BCUT2D eigenvalue weighted by molar-refractivity contribution is 5.74. The topological polar surface area (TPSA) is 68.8 Å². The highest BCUT2D eigenvalue weighted by Gasteiger charge is 2.12. The second-order valence-corrected chi connectivity index (χ2v) is 5.68. The van der Waals surface area contributed by atoms with Crippen LogP contribution in [-0.2, 0) is 9.47 Å². The average Bonchev–Trinajstić information content (AvgIpc) is 2.53. The summed E-state index contributed by atoms with van der Waals surface area (Å²) in [6.45, 7) is 11.2. The van der Waals surface area contributed by atoms with E-state index in [0.29, 0.717) is 24.9 Å². The molecule has 2 amide bonds. The fourth-order valence-corrected chi connectivity index (χ4v) is 2.11. The zero-order valence-electron chi connectivity index (χ0n) is 15.3. The standard InChI is InChI=1S/C18H30N2O4/c1-6-22-17(23-7-2)12-19-18(21)20-14(5)24-16-10-8-15(9-11-16)13(3)4/h8-11,13-14,17H,6-7,12H2,1-5H3,(H2,19,20,21). The third kappa shape index (κ3) is 7.66. The summed E-state index contributed by atoms with van der Waals surface area (Å²) in [5, 5.41) is 5.43. The summed E-state index contributed by atoms with van der Waals surface area (Å²) in [7, 11) is 0. The molecule has 6 heteroatoms. The second kappa shape index (κ2) is 10.9. The van der Waals surface area contributed by atoms with Crippen molar-refractivity contribution >= 4 is 6.03 Å². The zero-order chi connectivity index (χ0) is 17.9. The Morgan fingerprint density at radius 2 is 1.62 bits per heavy atom. The van der Waals surface area contributed by atoms with Gasteiger partial charge in [-0.05, 0) is 44.4 Å². The Bertz CT molecular complexity index is 470. The van der Waals surface area contributed by atoms with Gasteiger partial charge in [0.2, 0.25) is 0 Å². The number of carbonyl (C=O) groups is 1. The van der Waals surface area contributed by atoms with E-state index in [1.165, 1.54) is 5.56 Å². The first-order valence-electron chi connectivity index (χ1n) is 8.50. The molecular formula is C18H30N2O4. The Morgan fingerprint density at radius 1 is 1.04 bits per heavy atom. The molecule has 0 aliphatic heterocycles. The van der Waals surface area contributed by atoms with Crippen LogP contribution >= 0.6 is 0 Å². The van der Waals surface area contributed by atoms with E-state index in [9.17, 15) is 4.79 Å². The molecule has 0 spiro atoms. The summed E-state index contributed by atoms with van der Waals surface area (Å²) in [6.07, 6.45) is -0.891. The molecule has 1 unspecified atom stereocenters. The quantitative estimate of drug-likeness (QED) is 0.643. The van der Waals surface area contributed by atoms with Gasteiger partial charge in [0.25, 0.3) is 0 Å². The van der Waals surface area contributed by atoms with E-state index in [-0.39, 0.29) is 12.6 Å². The van der Waals surface area contributed by atoms with E-state index in [0.717, 1.165) is 0 Å². The van der Waals surface area contributed by atoms with Crippen LogP contribution in [0.2, 0.25) is 0 Å². The van der Waals surface area contributed by atoms with Gasteiger partial charge in [-0.25, -0.2) is 4.79 Å². The Balaban J connectivity index is 2.37. The summed E-state index contributed by atoms with van der Waals surface area (Å²) >= 11 is 0. The largest absolute Gasteiger partial charge is 0.471 e. The van der Waals surface area contributed by atoms with Crippen LogP contribution in [0.25, 0.3) is 0 Å².